The van der Waals surface area contributed by atoms with Crippen molar-refractivity contribution in [3.63, 3.8) is 0 Å². The lowest BCUT2D eigenvalue weighted by atomic mass is 10.2. The molecule has 38 heavy (non-hydrogen) atoms. The van der Waals surface area contributed by atoms with Crippen LogP contribution in [-0.4, -0.2) is 33.2 Å². The maximum absolute atomic E-state index is 13.5. The Morgan fingerprint density at radius 3 is 2.39 bits per heavy atom. The first-order valence-corrected chi connectivity index (χ1v) is 14.8. The van der Waals surface area contributed by atoms with Gasteiger partial charge in [0.2, 0.25) is 5.91 Å². The number of hydrogen-bond donors (Lipinski definition) is 1. The number of hydrogen-bond acceptors (Lipinski definition) is 4. The van der Waals surface area contributed by atoms with E-state index in [4.69, 9.17) is 23.2 Å². The van der Waals surface area contributed by atoms with Crippen LogP contribution in [0.25, 0.3) is 0 Å². The minimum absolute atomic E-state index is 0.156. The van der Waals surface area contributed by atoms with Crippen molar-refractivity contribution >= 4 is 56.6 Å². The summed E-state index contributed by atoms with van der Waals surface area (Å²) in [5.41, 5.74) is 0.351. The summed E-state index contributed by atoms with van der Waals surface area (Å²) in [5, 5.41) is 2.73. The van der Waals surface area contributed by atoms with E-state index in [0.717, 1.165) is 34.8 Å². The predicted octanol–water partition coefficient (Wildman–Crippen LogP) is 6.96. The molecule has 0 radical (unpaired) electrons. The summed E-state index contributed by atoms with van der Waals surface area (Å²) in [5.74, 6) is 0.823. The van der Waals surface area contributed by atoms with E-state index in [1.807, 2.05) is 18.2 Å². The van der Waals surface area contributed by atoms with Crippen LogP contribution in [0.15, 0.2) is 71.6 Å². The molecule has 0 aliphatic carbocycles. The number of carbonyl (C=O) groups is 1. The largest absolute Gasteiger partial charge is 0.417 e. The van der Waals surface area contributed by atoms with Crippen molar-refractivity contribution in [3.05, 3.63) is 93.5 Å². The predicted molar refractivity (Wildman–Crippen MR) is 147 cm³/mol. The lowest BCUT2D eigenvalue weighted by Crippen LogP contribution is -2.41. The van der Waals surface area contributed by atoms with Gasteiger partial charge in [-0.2, -0.15) is 24.9 Å². The average molecular weight is 606 g/mol. The van der Waals surface area contributed by atoms with Gasteiger partial charge in [-0.3, -0.25) is 9.10 Å². The Labute approximate surface area is 234 Å². The van der Waals surface area contributed by atoms with Gasteiger partial charge in [-0.1, -0.05) is 53.0 Å². The minimum atomic E-state index is -4.81. The summed E-state index contributed by atoms with van der Waals surface area (Å²) in [6, 6.07) is 16.0. The quantitative estimate of drug-likeness (QED) is 0.240. The molecule has 0 aliphatic rings. The van der Waals surface area contributed by atoms with Crippen LogP contribution in [-0.2, 0) is 26.7 Å². The number of nitrogens with zero attached hydrogens (tertiary/aromatic N) is 1. The Kier molecular flexibility index (Phi) is 10.4. The number of anilines is 1. The van der Waals surface area contributed by atoms with Gasteiger partial charge in [0.25, 0.3) is 10.0 Å². The second-order valence-corrected chi connectivity index (χ2v) is 12.2. The number of alkyl halides is 3. The Morgan fingerprint density at radius 1 is 1.03 bits per heavy atom. The molecule has 0 heterocycles. The molecule has 12 heteroatoms. The molecular formula is C26H25Cl2F3N2O3S2. The molecule has 0 fully saturated rings. The second kappa shape index (κ2) is 13.1. The molecular weight excluding hydrogens is 580 g/mol. The number of nitrogens with one attached hydrogen (secondary N) is 1. The second-order valence-electron chi connectivity index (χ2n) is 8.37. The number of amides is 1. The topological polar surface area (TPSA) is 66.5 Å². The van der Waals surface area contributed by atoms with Crippen LogP contribution in [0.1, 0.15) is 23.1 Å². The maximum atomic E-state index is 13.5. The number of carbonyl (C=O) groups excluding carboxylic acids is 1. The molecule has 3 aromatic carbocycles. The molecule has 0 bridgehead atoms. The Hall–Kier alpha value is -2.40. The van der Waals surface area contributed by atoms with Crippen molar-refractivity contribution in [2.45, 2.75) is 30.2 Å². The van der Waals surface area contributed by atoms with E-state index in [-0.39, 0.29) is 17.1 Å². The first-order chi connectivity index (χ1) is 17.9. The molecule has 1 amide bonds. The standard InChI is InChI=1S/C26H25Cl2F3N2O3S2/c1-18-6-9-22(10-7-18)38(35,36)33(21-8-11-24(28)23(15-21)26(29,30)31)16-25(34)32-12-3-13-37-17-19-4-2-5-20(27)14-19/h2,4-11,14-15H,3,12-13,16-17H2,1H3,(H,32,34). The van der Waals surface area contributed by atoms with E-state index in [0.29, 0.717) is 21.8 Å². The number of benzene rings is 3. The zero-order valence-electron chi connectivity index (χ0n) is 20.3. The Bertz CT molecular complexity index is 1370. The van der Waals surface area contributed by atoms with Crippen molar-refractivity contribution in [1.82, 2.24) is 5.32 Å². The summed E-state index contributed by atoms with van der Waals surface area (Å²) in [6.07, 6.45) is -4.20. The Balaban J connectivity index is 1.71. The summed E-state index contributed by atoms with van der Waals surface area (Å²) in [6.45, 7) is 1.34. The van der Waals surface area contributed by atoms with Gasteiger partial charge in [0.05, 0.1) is 21.2 Å². The smallest absolute Gasteiger partial charge is 0.354 e. The molecule has 0 unspecified atom stereocenters. The molecule has 0 atom stereocenters. The highest BCUT2D eigenvalue weighted by Gasteiger charge is 2.35. The van der Waals surface area contributed by atoms with Crippen LogP contribution in [0.5, 0.6) is 0 Å². The van der Waals surface area contributed by atoms with Crippen LogP contribution in [0.4, 0.5) is 18.9 Å². The van der Waals surface area contributed by atoms with Gasteiger partial charge >= 0.3 is 6.18 Å². The normalized spacial score (nSPS) is 11.8. The van der Waals surface area contributed by atoms with Gasteiger partial charge in [0.15, 0.2) is 0 Å². The third-order valence-corrected chi connectivity index (χ3v) is 8.85. The zero-order valence-corrected chi connectivity index (χ0v) is 23.4. The van der Waals surface area contributed by atoms with Crippen LogP contribution in [0.3, 0.4) is 0 Å². The number of sulfonamides is 1. The summed E-state index contributed by atoms with van der Waals surface area (Å²) >= 11 is 13.4. The van der Waals surface area contributed by atoms with E-state index in [2.05, 4.69) is 5.32 Å². The van der Waals surface area contributed by atoms with Crippen LogP contribution >= 0.6 is 35.0 Å². The Morgan fingerprint density at radius 2 is 1.74 bits per heavy atom. The van der Waals surface area contributed by atoms with Gasteiger partial charge in [-0.05, 0) is 67.1 Å². The van der Waals surface area contributed by atoms with Gasteiger partial charge < -0.3 is 5.32 Å². The molecule has 204 valence electrons. The summed E-state index contributed by atoms with van der Waals surface area (Å²) in [4.78, 5) is 12.6. The van der Waals surface area contributed by atoms with E-state index < -0.39 is 39.2 Å². The third-order valence-electron chi connectivity index (χ3n) is 5.38. The third kappa shape index (κ3) is 8.30. The molecule has 3 aromatic rings. The van der Waals surface area contributed by atoms with Crippen LogP contribution in [0, 0.1) is 6.92 Å². The number of aryl methyl sites for hydroxylation is 1. The zero-order chi connectivity index (χ0) is 27.9. The van der Waals surface area contributed by atoms with E-state index >= 15 is 0 Å². The molecule has 0 saturated carbocycles. The van der Waals surface area contributed by atoms with Crippen molar-refractivity contribution in [2.24, 2.45) is 0 Å². The lowest BCUT2D eigenvalue weighted by Gasteiger charge is -2.25. The maximum Gasteiger partial charge on any atom is 0.417 e. The molecule has 5 nitrogen and oxygen atoms in total. The van der Waals surface area contributed by atoms with Gasteiger partial charge in [-0.15, -0.1) is 0 Å². The van der Waals surface area contributed by atoms with Crippen molar-refractivity contribution in [2.75, 3.05) is 23.1 Å². The first-order valence-electron chi connectivity index (χ1n) is 11.4. The first kappa shape index (κ1) is 30.1. The molecule has 0 saturated heterocycles. The van der Waals surface area contributed by atoms with E-state index in [1.165, 1.54) is 12.1 Å². The fourth-order valence-corrected chi connectivity index (χ4v) is 6.20. The highest BCUT2D eigenvalue weighted by atomic mass is 35.5. The molecule has 0 aliphatic heterocycles. The lowest BCUT2D eigenvalue weighted by molar-refractivity contribution is -0.137. The fraction of sp³-hybridized carbons (Fsp3) is 0.269. The van der Waals surface area contributed by atoms with E-state index in [9.17, 15) is 26.4 Å². The van der Waals surface area contributed by atoms with Gasteiger partial charge in [0.1, 0.15) is 6.54 Å². The van der Waals surface area contributed by atoms with Gasteiger partial charge in [-0.25, -0.2) is 8.42 Å². The van der Waals surface area contributed by atoms with Crippen molar-refractivity contribution < 1.29 is 26.4 Å². The average Bonchev–Trinajstić information content (AvgIpc) is 2.84. The highest BCUT2D eigenvalue weighted by Crippen LogP contribution is 2.38. The molecule has 0 spiro atoms. The van der Waals surface area contributed by atoms with Crippen LogP contribution in [0.2, 0.25) is 10.0 Å². The number of halogens is 5. The van der Waals surface area contributed by atoms with Crippen molar-refractivity contribution in [3.8, 4) is 0 Å². The summed E-state index contributed by atoms with van der Waals surface area (Å²) < 4.78 is 67.9. The molecule has 3 rings (SSSR count). The number of thioether (sulfide) groups is 1. The number of rotatable bonds is 11. The summed E-state index contributed by atoms with van der Waals surface area (Å²) in [7, 11) is -4.37. The SMILES string of the molecule is Cc1ccc(S(=O)(=O)N(CC(=O)NCCCSCc2cccc(Cl)c2)c2ccc(Cl)c(C(F)(F)F)c2)cc1. The van der Waals surface area contributed by atoms with Crippen molar-refractivity contribution in [1.29, 1.82) is 0 Å². The monoisotopic (exact) mass is 604 g/mol. The fourth-order valence-electron chi connectivity index (χ4n) is 3.44. The highest BCUT2D eigenvalue weighted by molar-refractivity contribution is 7.98. The van der Waals surface area contributed by atoms with Crippen LogP contribution < -0.4 is 9.62 Å². The molecule has 0 aromatic heterocycles. The minimum Gasteiger partial charge on any atom is -0.354 e. The van der Waals surface area contributed by atoms with E-state index in [1.54, 1.807) is 36.9 Å². The molecule has 1 N–H and O–H groups in total. The van der Waals surface area contributed by atoms with Gasteiger partial charge in [0, 0.05) is 17.3 Å².